The van der Waals surface area contributed by atoms with Gasteiger partial charge in [-0.2, -0.15) is 0 Å². The first-order valence-corrected chi connectivity index (χ1v) is 6.97. The molecule has 5 nitrogen and oxygen atoms in total. The van der Waals surface area contributed by atoms with Crippen LogP contribution >= 0.6 is 23.1 Å². The van der Waals surface area contributed by atoms with Crippen molar-refractivity contribution in [3.63, 3.8) is 0 Å². The third-order valence-corrected chi connectivity index (χ3v) is 4.08. The Balaban J connectivity index is 2.15. The predicted molar refractivity (Wildman–Crippen MR) is 78.7 cm³/mol. The number of benzene rings is 1. The number of halogens is 1. The summed E-state index contributed by atoms with van der Waals surface area (Å²) < 4.78 is 7.58. The van der Waals surface area contributed by atoms with Crippen LogP contribution in [0.25, 0.3) is 0 Å². The summed E-state index contributed by atoms with van der Waals surface area (Å²) in [5.74, 6) is 0.439. The number of carbonyl (C=O) groups is 1. The van der Waals surface area contributed by atoms with Gasteiger partial charge in [-0.25, -0.2) is 0 Å². The standard InChI is InChI=1S/C13H13ClN2O3S/c1-16(7-8-4-3-5-9(6-8)19-2)13(18)11-10(14)12(17)15-20-11/h3-6H,7H2,1-2H3,(H,15,17). The second-order valence-corrected chi connectivity index (χ2v) is 5.38. The van der Waals surface area contributed by atoms with Gasteiger partial charge in [0.25, 0.3) is 11.5 Å². The first-order chi connectivity index (χ1) is 9.52. The van der Waals surface area contributed by atoms with Gasteiger partial charge in [-0.15, -0.1) is 0 Å². The molecule has 0 saturated heterocycles. The summed E-state index contributed by atoms with van der Waals surface area (Å²) in [6.45, 7) is 0.401. The first-order valence-electron chi connectivity index (χ1n) is 5.78. The highest BCUT2D eigenvalue weighted by atomic mass is 35.5. The van der Waals surface area contributed by atoms with Crippen LogP contribution in [0.5, 0.6) is 5.75 Å². The van der Waals surface area contributed by atoms with E-state index in [9.17, 15) is 9.59 Å². The number of ether oxygens (including phenoxy) is 1. The normalized spacial score (nSPS) is 10.3. The quantitative estimate of drug-likeness (QED) is 0.942. The van der Waals surface area contributed by atoms with Gasteiger partial charge >= 0.3 is 0 Å². The van der Waals surface area contributed by atoms with E-state index in [0.717, 1.165) is 22.8 Å². The van der Waals surface area contributed by atoms with Gasteiger partial charge in [0.05, 0.1) is 7.11 Å². The molecular formula is C13H13ClN2O3S. The maximum absolute atomic E-state index is 12.2. The van der Waals surface area contributed by atoms with Crippen molar-refractivity contribution < 1.29 is 9.53 Å². The van der Waals surface area contributed by atoms with Crippen molar-refractivity contribution in [2.24, 2.45) is 0 Å². The number of amides is 1. The molecule has 1 N–H and O–H groups in total. The van der Waals surface area contributed by atoms with Gasteiger partial charge in [0.15, 0.2) is 0 Å². The van der Waals surface area contributed by atoms with E-state index in [1.165, 1.54) is 4.90 Å². The first kappa shape index (κ1) is 14.6. The Morgan fingerprint density at radius 2 is 2.25 bits per heavy atom. The van der Waals surface area contributed by atoms with Crippen LogP contribution in [-0.2, 0) is 6.54 Å². The molecule has 0 radical (unpaired) electrons. The number of H-pyrrole nitrogens is 1. The number of nitrogens with zero attached hydrogens (tertiary/aromatic N) is 1. The molecule has 1 aromatic heterocycles. The summed E-state index contributed by atoms with van der Waals surface area (Å²) in [5, 5.41) is -0.0579. The third-order valence-electron chi connectivity index (χ3n) is 2.74. The lowest BCUT2D eigenvalue weighted by Gasteiger charge is -2.16. The van der Waals surface area contributed by atoms with Gasteiger partial charge in [0, 0.05) is 13.6 Å². The second kappa shape index (κ2) is 6.11. The Labute approximate surface area is 124 Å². The minimum Gasteiger partial charge on any atom is -0.497 e. The minimum absolute atomic E-state index is 0.0579. The van der Waals surface area contributed by atoms with Crippen molar-refractivity contribution >= 4 is 29.0 Å². The molecule has 1 amide bonds. The maximum Gasteiger partial charge on any atom is 0.277 e. The smallest absolute Gasteiger partial charge is 0.277 e. The molecule has 2 rings (SSSR count). The minimum atomic E-state index is -0.435. The molecule has 0 fully saturated rings. The van der Waals surface area contributed by atoms with Crippen LogP contribution in [-0.4, -0.2) is 29.3 Å². The van der Waals surface area contributed by atoms with Crippen molar-refractivity contribution in [2.45, 2.75) is 6.54 Å². The van der Waals surface area contributed by atoms with Gasteiger partial charge < -0.3 is 9.64 Å². The molecule has 106 valence electrons. The van der Waals surface area contributed by atoms with Crippen LogP contribution in [0.3, 0.4) is 0 Å². The highest BCUT2D eigenvalue weighted by Crippen LogP contribution is 2.19. The lowest BCUT2D eigenvalue weighted by molar-refractivity contribution is 0.0790. The van der Waals surface area contributed by atoms with Gasteiger partial charge in [-0.3, -0.25) is 14.0 Å². The maximum atomic E-state index is 12.2. The Hall–Kier alpha value is -1.79. The molecule has 20 heavy (non-hydrogen) atoms. The van der Waals surface area contributed by atoms with Gasteiger partial charge in [-0.1, -0.05) is 35.3 Å². The molecule has 0 spiro atoms. The van der Waals surface area contributed by atoms with Crippen molar-refractivity contribution in [3.05, 3.63) is 50.1 Å². The molecular weight excluding hydrogens is 300 g/mol. The van der Waals surface area contributed by atoms with E-state index in [1.807, 2.05) is 24.3 Å². The molecule has 0 aliphatic carbocycles. The molecule has 0 aliphatic rings. The number of hydrogen-bond acceptors (Lipinski definition) is 4. The molecule has 0 saturated carbocycles. The fraction of sp³-hybridized carbons (Fsp3) is 0.231. The highest BCUT2D eigenvalue weighted by molar-refractivity contribution is 7.08. The Morgan fingerprint density at radius 3 is 2.85 bits per heavy atom. The van der Waals surface area contributed by atoms with Crippen LogP contribution in [0, 0.1) is 0 Å². The lowest BCUT2D eigenvalue weighted by Crippen LogP contribution is -2.26. The van der Waals surface area contributed by atoms with E-state index in [-0.39, 0.29) is 15.8 Å². The monoisotopic (exact) mass is 312 g/mol. The largest absolute Gasteiger partial charge is 0.497 e. The number of nitrogens with one attached hydrogen (secondary N) is 1. The molecule has 0 unspecified atom stereocenters. The highest BCUT2D eigenvalue weighted by Gasteiger charge is 2.19. The Kier molecular flexibility index (Phi) is 4.46. The SMILES string of the molecule is COc1cccc(CN(C)C(=O)c2s[nH]c(=O)c2Cl)c1. The molecule has 1 heterocycles. The van der Waals surface area contributed by atoms with Gasteiger partial charge in [0.2, 0.25) is 0 Å². The number of carbonyl (C=O) groups excluding carboxylic acids is 1. The molecule has 2 aromatic rings. The lowest BCUT2D eigenvalue weighted by atomic mass is 10.2. The van der Waals surface area contributed by atoms with E-state index in [0.29, 0.717) is 6.54 Å². The number of aromatic nitrogens is 1. The summed E-state index contributed by atoms with van der Waals surface area (Å²) in [5.41, 5.74) is 0.494. The number of aromatic amines is 1. The Morgan fingerprint density at radius 1 is 1.50 bits per heavy atom. The topological polar surface area (TPSA) is 62.4 Å². The molecule has 0 aliphatic heterocycles. The summed E-state index contributed by atoms with van der Waals surface area (Å²) in [6.07, 6.45) is 0. The predicted octanol–water partition coefficient (Wildman–Crippen LogP) is 2.37. The zero-order valence-corrected chi connectivity index (χ0v) is 12.5. The summed E-state index contributed by atoms with van der Waals surface area (Å²) >= 11 is 6.74. The van der Waals surface area contributed by atoms with E-state index in [4.69, 9.17) is 16.3 Å². The summed E-state index contributed by atoms with van der Waals surface area (Å²) in [4.78, 5) is 25.2. The third kappa shape index (κ3) is 3.02. The molecule has 0 bridgehead atoms. The number of hydrogen-bond donors (Lipinski definition) is 1. The summed E-state index contributed by atoms with van der Waals surface area (Å²) in [6, 6.07) is 7.44. The van der Waals surface area contributed by atoms with Crippen molar-refractivity contribution in [2.75, 3.05) is 14.2 Å². The van der Waals surface area contributed by atoms with Crippen LogP contribution in [0.2, 0.25) is 5.02 Å². The average Bonchev–Trinajstić information content (AvgIpc) is 2.78. The second-order valence-electron chi connectivity index (χ2n) is 4.19. The zero-order chi connectivity index (χ0) is 14.7. The molecule has 1 aromatic carbocycles. The van der Waals surface area contributed by atoms with Crippen molar-refractivity contribution in [1.29, 1.82) is 0 Å². The van der Waals surface area contributed by atoms with Crippen LogP contribution in [0.15, 0.2) is 29.1 Å². The van der Waals surface area contributed by atoms with Gasteiger partial charge in [-0.05, 0) is 17.7 Å². The van der Waals surface area contributed by atoms with E-state index in [1.54, 1.807) is 14.2 Å². The van der Waals surface area contributed by atoms with Crippen molar-refractivity contribution in [1.82, 2.24) is 9.27 Å². The van der Waals surface area contributed by atoms with Crippen LogP contribution in [0.1, 0.15) is 15.2 Å². The Bertz CT molecular complexity index is 680. The fourth-order valence-corrected chi connectivity index (χ4v) is 2.74. The summed E-state index contributed by atoms with van der Waals surface area (Å²) in [7, 11) is 3.24. The average molecular weight is 313 g/mol. The fourth-order valence-electron chi connectivity index (χ4n) is 1.72. The number of rotatable bonds is 4. The van der Waals surface area contributed by atoms with E-state index < -0.39 is 5.56 Å². The zero-order valence-electron chi connectivity index (χ0n) is 11.0. The van der Waals surface area contributed by atoms with E-state index >= 15 is 0 Å². The van der Waals surface area contributed by atoms with E-state index in [2.05, 4.69) is 4.37 Å². The molecule has 0 atom stereocenters. The number of methoxy groups -OCH3 is 1. The van der Waals surface area contributed by atoms with Crippen LogP contribution < -0.4 is 10.3 Å². The van der Waals surface area contributed by atoms with Crippen LogP contribution in [0.4, 0.5) is 0 Å². The van der Waals surface area contributed by atoms with Gasteiger partial charge in [0.1, 0.15) is 15.6 Å². The van der Waals surface area contributed by atoms with Crippen molar-refractivity contribution in [3.8, 4) is 5.75 Å². The molecule has 7 heteroatoms.